The molecule has 1 heterocycles. The second kappa shape index (κ2) is 7.84. The van der Waals surface area contributed by atoms with Crippen molar-refractivity contribution in [2.24, 2.45) is 5.73 Å². The first-order valence-electron chi connectivity index (χ1n) is 5.81. The van der Waals surface area contributed by atoms with Gasteiger partial charge in [0.2, 0.25) is 0 Å². The Morgan fingerprint density at radius 2 is 2.15 bits per heavy atom. The number of hydrogen-bond donors (Lipinski definition) is 2. The Morgan fingerprint density at radius 1 is 1.40 bits per heavy atom. The van der Waals surface area contributed by atoms with Crippen molar-refractivity contribution in [1.29, 1.82) is 0 Å². The summed E-state index contributed by atoms with van der Waals surface area (Å²) in [5, 5.41) is 10.5. The van der Waals surface area contributed by atoms with Crippen LogP contribution in [0.3, 0.4) is 0 Å². The highest BCUT2D eigenvalue weighted by Crippen LogP contribution is 2.17. The fourth-order valence-corrected chi connectivity index (χ4v) is 1.90. The summed E-state index contributed by atoms with van der Waals surface area (Å²) < 4.78 is 0. The number of H-pyrrole nitrogens is 1. The second-order valence-electron chi connectivity index (χ2n) is 3.96. The maximum absolute atomic E-state index is 12.2. The molecule has 6 nitrogen and oxygen atoms in total. The van der Waals surface area contributed by atoms with Crippen molar-refractivity contribution in [1.82, 2.24) is 20.3 Å². The molecule has 1 aromatic carbocycles. The van der Waals surface area contributed by atoms with E-state index in [0.717, 1.165) is 5.56 Å². The quantitative estimate of drug-likeness (QED) is 0.874. The van der Waals surface area contributed by atoms with Gasteiger partial charge in [-0.15, -0.1) is 12.4 Å². The largest absolute Gasteiger partial charge is 0.332 e. The van der Waals surface area contributed by atoms with Crippen LogP contribution < -0.4 is 5.73 Å². The molecule has 108 valence electrons. The van der Waals surface area contributed by atoms with E-state index in [1.54, 1.807) is 11.0 Å². The van der Waals surface area contributed by atoms with Crippen molar-refractivity contribution >= 4 is 29.9 Å². The maximum atomic E-state index is 12.2. The molecule has 1 aromatic heterocycles. The number of hydrogen-bond acceptors (Lipinski definition) is 4. The highest BCUT2D eigenvalue weighted by atomic mass is 35.5. The summed E-state index contributed by atoms with van der Waals surface area (Å²) in [6, 6.07) is 7.39. The standard InChI is InChI=1S/C12H14ClN5O.ClH/c13-10-4-2-1-3-9(10)8-18(6-5-14)12(19)11-7-15-17-16-11;/h1-4,7H,5-6,8,14H2,(H,15,16,17);1H. The van der Waals surface area contributed by atoms with E-state index in [9.17, 15) is 4.79 Å². The Kier molecular flexibility index (Phi) is 6.44. The Bertz CT molecular complexity index is 547. The topological polar surface area (TPSA) is 87.9 Å². The van der Waals surface area contributed by atoms with Crippen molar-refractivity contribution in [2.75, 3.05) is 13.1 Å². The highest BCUT2D eigenvalue weighted by Gasteiger charge is 2.18. The Balaban J connectivity index is 0.00000200. The highest BCUT2D eigenvalue weighted by molar-refractivity contribution is 6.31. The number of halogens is 2. The third kappa shape index (κ3) is 3.93. The lowest BCUT2D eigenvalue weighted by atomic mass is 10.2. The van der Waals surface area contributed by atoms with Gasteiger partial charge in [0.15, 0.2) is 5.69 Å². The molecule has 0 aliphatic carbocycles. The van der Waals surface area contributed by atoms with Crippen LogP contribution in [0.4, 0.5) is 0 Å². The molecule has 0 spiro atoms. The van der Waals surface area contributed by atoms with Gasteiger partial charge in [0.1, 0.15) is 0 Å². The molecule has 20 heavy (non-hydrogen) atoms. The Labute approximate surface area is 127 Å². The van der Waals surface area contributed by atoms with Crippen molar-refractivity contribution in [3.63, 3.8) is 0 Å². The third-order valence-corrected chi connectivity index (χ3v) is 3.01. The molecule has 2 rings (SSSR count). The molecule has 0 aliphatic rings. The van der Waals surface area contributed by atoms with E-state index >= 15 is 0 Å². The number of nitrogens with one attached hydrogen (secondary N) is 1. The molecule has 0 fully saturated rings. The molecule has 0 atom stereocenters. The smallest absolute Gasteiger partial charge is 0.276 e. The number of aromatic amines is 1. The number of carbonyl (C=O) groups is 1. The lowest BCUT2D eigenvalue weighted by Crippen LogP contribution is -2.35. The van der Waals surface area contributed by atoms with Gasteiger partial charge in [0.25, 0.3) is 5.91 Å². The number of rotatable bonds is 5. The summed E-state index contributed by atoms with van der Waals surface area (Å²) in [6.45, 7) is 1.19. The van der Waals surface area contributed by atoms with Crippen LogP contribution in [0.5, 0.6) is 0 Å². The molecule has 0 radical (unpaired) electrons. The first-order valence-corrected chi connectivity index (χ1v) is 6.18. The van der Waals surface area contributed by atoms with Gasteiger partial charge < -0.3 is 10.6 Å². The van der Waals surface area contributed by atoms with Crippen LogP contribution in [0.1, 0.15) is 16.1 Å². The molecule has 3 N–H and O–H groups in total. The van der Waals surface area contributed by atoms with Gasteiger partial charge in [-0.05, 0) is 11.6 Å². The number of carbonyl (C=O) groups excluding carboxylic acids is 1. The minimum Gasteiger partial charge on any atom is -0.332 e. The predicted molar refractivity (Wildman–Crippen MR) is 78.9 cm³/mol. The van der Waals surface area contributed by atoms with Gasteiger partial charge in [-0.1, -0.05) is 29.8 Å². The molecule has 2 aromatic rings. The van der Waals surface area contributed by atoms with E-state index in [-0.39, 0.29) is 24.0 Å². The zero-order valence-corrected chi connectivity index (χ0v) is 12.2. The molecule has 0 aliphatic heterocycles. The van der Waals surface area contributed by atoms with Crippen LogP contribution >= 0.6 is 24.0 Å². The normalized spacial score (nSPS) is 9.90. The van der Waals surface area contributed by atoms with E-state index < -0.39 is 0 Å². The minimum atomic E-state index is -0.223. The summed E-state index contributed by atoms with van der Waals surface area (Å²) in [4.78, 5) is 13.8. The van der Waals surface area contributed by atoms with E-state index in [1.165, 1.54) is 6.20 Å². The monoisotopic (exact) mass is 315 g/mol. The van der Waals surface area contributed by atoms with E-state index in [1.807, 2.05) is 18.2 Å². The van der Waals surface area contributed by atoms with Gasteiger partial charge in [0.05, 0.1) is 6.20 Å². The van der Waals surface area contributed by atoms with E-state index in [0.29, 0.717) is 24.7 Å². The molecule has 8 heteroatoms. The first-order chi connectivity index (χ1) is 9.22. The molecule has 0 bridgehead atoms. The first kappa shape index (κ1) is 16.4. The van der Waals surface area contributed by atoms with E-state index in [4.69, 9.17) is 17.3 Å². The zero-order valence-electron chi connectivity index (χ0n) is 10.6. The molecular weight excluding hydrogens is 301 g/mol. The number of nitrogens with two attached hydrogens (primary N) is 1. The molecule has 0 unspecified atom stereocenters. The van der Waals surface area contributed by atoms with Crippen molar-refractivity contribution in [2.45, 2.75) is 6.54 Å². The maximum Gasteiger partial charge on any atom is 0.276 e. The SMILES string of the molecule is Cl.NCCN(Cc1ccccc1Cl)C(=O)c1cn[nH]n1. The summed E-state index contributed by atoms with van der Waals surface area (Å²) in [7, 11) is 0. The van der Waals surface area contributed by atoms with Crippen LogP contribution in [0.25, 0.3) is 0 Å². The summed E-state index contributed by atoms with van der Waals surface area (Å²) >= 11 is 6.09. The number of aromatic nitrogens is 3. The second-order valence-corrected chi connectivity index (χ2v) is 4.37. The molecular formula is C12H15Cl2N5O. The number of amides is 1. The number of benzene rings is 1. The predicted octanol–water partition coefficient (Wildman–Crippen LogP) is 1.48. The van der Waals surface area contributed by atoms with Crippen LogP contribution in [-0.4, -0.2) is 39.3 Å². The van der Waals surface area contributed by atoms with Crippen LogP contribution in [0.15, 0.2) is 30.5 Å². The summed E-state index contributed by atoms with van der Waals surface area (Å²) in [5.41, 5.74) is 6.68. The summed E-state index contributed by atoms with van der Waals surface area (Å²) in [6.07, 6.45) is 1.39. The van der Waals surface area contributed by atoms with Crippen LogP contribution in [-0.2, 0) is 6.54 Å². The number of nitrogens with zero attached hydrogens (tertiary/aromatic N) is 3. The van der Waals surface area contributed by atoms with Crippen molar-refractivity contribution < 1.29 is 4.79 Å². The zero-order chi connectivity index (χ0) is 13.7. The van der Waals surface area contributed by atoms with Gasteiger partial charge in [-0.3, -0.25) is 4.79 Å². The van der Waals surface area contributed by atoms with Gasteiger partial charge in [0, 0.05) is 24.7 Å². The fraction of sp³-hybridized carbons (Fsp3) is 0.250. The van der Waals surface area contributed by atoms with Gasteiger partial charge >= 0.3 is 0 Å². The lowest BCUT2D eigenvalue weighted by molar-refractivity contribution is 0.0742. The fourth-order valence-electron chi connectivity index (χ4n) is 1.71. The average molecular weight is 316 g/mol. The van der Waals surface area contributed by atoms with Crippen LogP contribution in [0.2, 0.25) is 5.02 Å². The minimum absolute atomic E-state index is 0. The van der Waals surface area contributed by atoms with Crippen molar-refractivity contribution in [3.05, 3.63) is 46.7 Å². The molecule has 0 saturated heterocycles. The third-order valence-electron chi connectivity index (χ3n) is 2.64. The lowest BCUT2D eigenvalue weighted by Gasteiger charge is -2.21. The molecule has 1 amide bonds. The van der Waals surface area contributed by atoms with Crippen molar-refractivity contribution in [3.8, 4) is 0 Å². The summed E-state index contributed by atoms with van der Waals surface area (Å²) in [5.74, 6) is -0.223. The Morgan fingerprint density at radius 3 is 2.75 bits per heavy atom. The van der Waals surface area contributed by atoms with E-state index in [2.05, 4.69) is 15.4 Å². The van der Waals surface area contributed by atoms with Gasteiger partial charge in [-0.25, -0.2) is 0 Å². The molecule has 0 saturated carbocycles. The average Bonchev–Trinajstić information content (AvgIpc) is 2.94. The van der Waals surface area contributed by atoms with Crippen LogP contribution in [0, 0.1) is 0 Å². The Hall–Kier alpha value is -1.63. The van der Waals surface area contributed by atoms with Gasteiger partial charge in [-0.2, -0.15) is 15.4 Å².